The van der Waals surface area contributed by atoms with Crippen LogP contribution in [0.4, 0.5) is 0 Å². The molecule has 1 aromatic heterocycles. The summed E-state index contributed by atoms with van der Waals surface area (Å²) in [6.07, 6.45) is 0. The number of benzene rings is 2. The van der Waals surface area contributed by atoms with Crippen LogP contribution in [0, 0.1) is 0 Å². The normalized spacial score (nSPS) is 15.0. The highest BCUT2D eigenvalue weighted by atomic mass is 32.2. The Morgan fingerprint density at radius 2 is 1.65 bits per heavy atom. The summed E-state index contributed by atoms with van der Waals surface area (Å²) in [5.41, 5.74) is 1.74. The fraction of sp³-hybridized carbons (Fsp3) is 0.300. The Morgan fingerprint density at radius 3 is 2.42 bits per heavy atom. The van der Waals surface area contributed by atoms with Crippen LogP contribution in [-0.4, -0.2) is 53.5 Å². The number of rotatable bonds is 3. The zero-order chi connectivity index (χ0) is 18.1. The minimum Gasteiger partial charge on any atom is -0.456 e. The molecule has 26 heavy (non-hydrogen) atoms. The minimum absolute atomic E-state index is 0.0760. The summed E-state index contributed by atoms with van der Waals surface area (Å²) in [6, 6.07) is 14.0. The SMILES string of the molecule is CC(=O)N1CCN(C(=O)CSc2ccc3oc4ccccc4c3c2)CC1. The maximum Gasteiger partial charge on any atom is 0.233 e. The van der Waals surface area contributed by atoms with Gasteiger partial charge in [-0.15, -0.1) is 11.8 Å². The molecule has 0 saturated carbocycles. The molecule has 1 aliphatic rings. The van der Waals surface area contributed by atoms with Gasteiger partial charge in [-0.3, -0.25) is 9.59 Å². The van der Waals surface area contributed by atoms with Crippen LogP contribution in [0.5, 0.6) is 0 Å². The Balaban J connectivity index is 1.42. The molecular formula is C20H20N2O3S. The van der Waals surface area contributed by atoms with Gasteiger partial charge in [-0.1, -0.05) is 18.2 Å². The standard InChI is InChI=1S/C20H20N2O3S/c1-14(23)21-8-10-22(11-9-21)20(24)13-26-15-6-7-19-17(12-15)16-4-2-3-5-18(16)25-19/h2-7,12H,8-11,13H2,1H3. The van der Waals surface area contributed by atoms with E-state index < -0.39 is 0 Å². The molecule has 0 spiro atoms. The number of hydrogen-bond acceptors (Lipinski definition) is 4. The Labute approximate surface area is 155 Å². The van der Waals surface area contributed by atoms with Crippen molar-refractivity contribution < 1.29 is 14.0 Å². The molecule has 2 heterocycles. The molecule has 0 unspecified atom stereocenters. The van der Waals surface area contributed by atoms with E-state index in [1.807, 2.05) is 35.2 Å². The third kappa shape index (κ3) is 3.29. The first-order chi connectivity index (χ1) is 12.6. The summed E-state index contributed by atoms with van der Waals surface area (Å²) in [5.74, 6) is 0.601. The van der Waals surface area contributed by atoms with Crippen LogP contribution in [0.25, 0.3) is 21.9 Å². The molecular weight excluding hydrogens is 348 g/mol. The van der Waals surface area contributed by atoms with Crippen molar-refractivity contribution in [2.75, 3.05) is 31.9 Å². The van der Waals surface area contributed by atoms with Crippen molar-refractivity contribution in [2.24, 2.45) is 0 Å². The van der Waals surface area contributed by atoms with Crippen molar-refractivity contribution in [2.45, 2.75) is 11.8 Å². The third-order valence-electron chi connectivity index (χ3n) is 4.79. The van der Waals surface area contributed by atoms with Gasteiger partial charge in [-0.2, -0.15) is 0 Å². The van der Waals surface area contributed by atoms with E-state index in [4.69, 9.17) is 4.42 Å². The van der Waals surface area contributed by atoms with E-state index in [0.29, 0.717) is 31.9 Å². The number of carbonyl (C=O) groups is 2. The van der Waals surface area contributed by atoms with Crippen LogP contribution in [-0.2, 0) is 9.59 Å². The van der Waals surface area contributed by atoms with Crippen LogP contribution in [0.15, 0.2) is 51.8 Å². The predicted octanol–water partition coefficient (Wildman–Crippen LogP) is 3.37. The first-order valence-corrected chi connectivity index (χ1v) is 9.68. The number of para-hydroxylation sites is 1. The molecule has 2 amide bonds. The molecule has 134 valence electrons. The van der Waals surface area contributed by atoms with Crippen molar-refractivity contribution in [1.29, 1.82) is 0 Å². The molecule has 1 fully saturated rings. The van der Waals surface area contributed by atoms with Crippen LogP contribution in [0.1, 0.15) is 6.92 Å². The molecule has 5 nitrogen and oxygen atoms in total. The number of thioether (sulfide) groups is 1. The maximum absolute atomic E-state index is 12.5. The first kappa shape index (κ1) is 17.0. The molecule has 1 aliphatic heterocycles. The van der Waals surface area contributed by atoms with Gasteiger partial charge >= 0.3 is 0 Å². The maximum atomic E-state index is 12.5. The van der Waals surface area contributed by atoms with Gasteiger partial charge in [-0.05, 0) is 24.3 Å². The highest BCUT2D eigenvalue weighted by Gasteiger charge is 2.22. The van der Waals surface area contributed by atoms with Gasteiger partial charge in [-0.25, -0.2) is 0 Å². The number of carbonyl (C=O) groups excluding carboxylic acids is 2. The quantitative estimate of drug-likeness (QED) is 0.665. The monoisotopic (exact) mass is 368 g/mol. The van der Waals surface area contributed by atoms with Crippen molar-refractivity contribution in [3.63, 3.8) is 0 Å². The van der Waals surface area contributed by atoms with E-state index in [1.54, 1.807) is 23.6 Å². The summed E-state index contributed by atoms with van der Waals surface area (Å²) < 4.78 is 5.84. The fourth-order valence-electron chi connectivity index (χ4n) is 3.30. The van der Waals surface area contributed by atoms with E-state index in [2.05, 4.69) is 12.1 Å². The second-order valence-corrected chi connectivity index (χ2v) is 7.48. The van der Waals surface area contributed by atoms with E-state index in [1.165, 1.54) is 0 Å². The van der Waals surface area contributed by atoms with Crippen molar-refractivity contribution in [1.82, 2.24) is 9.80 Å². The van der Waals surface area contributed by atoms with Gasteiger partial charge < -0.3 is 14.2 Å². The van der Waals surface area contributed by atoms with Gasteiger partial charge in [0.15, 0.2) is 0 Å². The molecule has 0 radical (unpaired) electrons. The van der Waals surface area contributed by atoms with Crippen molar-refractivity contribution >= 4 is 45.5 Å². The Kier molecular flexibility index (Phi) is 4.59. The van der Waals surface area contributed by atoms with Gasteiger partial charge in [0.05, 0.1) is 5.75 Å². The number of hydrogen-bond donors (Lipinski definition) is 0. The fourth-order valence-corrected chi connectivity index (χ4v) is 4.14. The first-order valence-electron chi connectivity index (χ1n) is 8.69. The zero-order valence-electron chi connectivity index (χ0n) is 14.6. The Hall–Kier alpha value is -2.47. The Bertz CT molecular complexity index is 974. The average Bonchev–Trinajstić information content (AvgIpc) is 3.04. The van der Waals surface area contributed by atoms with E-state index >= 15 is 0 Å². The second kappa shape index (κ2) is 7.03. The molecule has 2 aromatic carbocycles. The lowest BCUT2D eigenvalue weighted by Gasteiger charge is -2.34. The van der Waals surface area contributed by atoms with Gasteiger partial charge in [0.2, 0.25) is 11.8 Å². The van der Waals surface area contributed by atoms with Crippen LogP contribution in [0.2, 0.25) is 0 Å². The van der Waals surface area contributed by atoms with Crippen molar-refractivity contribution in [3.8, 4) is 0 Å². The van der Waals surface area contributed by atoms with Gasteiger partial charge in [0.1, 0.15) is 11.2 Å². The lowest BCUT2D eigenvalue weighted by Crippen LogP contribution is -2.50. The highest BCUT2D eigenvalue weighted by molar-refractivity contribution is 8.00. The molecule has 3 aromatic rings. The van der Waals surface area contributed by atoms with E-state index in [9.17, 15) is 9.59 Å². The lowest BCUT2D eigenvalue weighted by atomic mass is 10.1. The Morgan fingerprint density at radius 1 is 0.962 bits per heavy atom. The molecule has 6 heteroatoms. The molecule has 0 aliphatic carbocycles. The van der Waals surface area contributed by atoms with Crippen LogP contribution < -0.4 is 0 Å². The summed E-state index contributed by atoms with van der Waals surface area (Å²) in [4.78, 5) is 28.5. The number of piperazine rings is 1. The van der Waals surface area contributed by atoms with E-state index in [-0.39, 0.29) is 11.8 Å². The second-order valence-electron chi connectivity index (χ2n) is 6.43. The molecule has 1 saturated heterocycles. The van der Waals surface area contributed by atoms with E-state index in [0.717, 1.165) is 26.8 Å². The topological polar surface area (TPSA) is 53.8 Å². The molecule has 4 rings (SSSR count). The summed E-state index contributed by atoms with van der Waals surface area (Å²) in [7, 11) is 0. The lowest BCUT2D eigenvalue weighted by molar-refractivity contribution is -0.136. The van der Waals surface area contributed by atoms with Crippen LogP contribution >= 0.6 is 11.8 Å². The number of fused-ring (bicyclic) bond motifs is 3. The van der Waals surface area contributed by atoms with Crippen molar-refractivity contribution in [3.05, 3.63) is 42.5 Å². The summed E-state index contributed by atoms with van der Waals surface area (Å²) in [6.45, 7) is 4.05. The molecule has 0 bridgehead atoms. The number of furan rings is 1. The number of amides is 2. The average molecular weight is 368 g/mol. The third-order valence-corrected chi connectivity index (χ3v) is 5.77. The minimum atomic E-state index is 0.0760. The van der Waals surface area contributed by atoms with Gasteiger partial charge in [0, 0.05) is 48.8 Å². The van der Waals surface area contributed by atoms with Crippen LogP contribution in [0.3, 0.4) is 0 Å². The summed E-state index contributed by atoms with van der Waals surface area (Å²) in [5, 5.41) is 2.17. The summed E-state index contributed by atoms with van der Waals surface area (Å²) >= 11 is 1.54. The number of nitrogens with zero attached hydrogens (tertiary/aromatic N) is 2. The molecule has 0 N–H and O–H groups in total. The highest BCUT2D eigenvalue weighted by Crippen LogP contribution is 2.32. The smallest absolute Gasteiger partial charge is 0.233 e. The largest absolute Gasteiger partial charge is 0.456 e. The zero-order valence-corrected chi connectivity index (χ0v) is 15.4. The molecule has 0 atom stereocenters. The van der Waals surface area contributed by atoms with Gasteiger partial charge in [0.25, 0.3) is 0 Å². The predicted molar refractivity (Wildman–Crippen MR) is 103 cm³/mol.